The smallest absolute Gasteiger partial charge is 0.274 e. The van der Waals surface area contributed by atoms with E-state index in [1.807, 2.05) is 18.2 Å². The number of furan rings is 1. The molecule has 1 aliphatic heterocycles. The van der Waals surface area contributed by atoms with Crippen molar-refractivity contribution in [3.05, 3.63) is 48.1 Å². The van der Waals surface area contributed by atoms with Crippen molar-refractivity contribution in [2.24, 2.45) is 17.6 Å². The summed E-state index contributed by atoms with van der Waals surface area (Å²) in [4.78, 5) is 23.8. The minimum atomic E-state index is -0.279. The third-order valence-corrected chi connectivity index (χ3v) is 6.19. The van der Waals surface area contributed by atoms with Gasteiger partial charge >= 0.3 is 0 Å². The molecule has 1 amide bonds. The van der Waals surface area contributed by atoms with Crippen LogP contribution in [0.3, 0.4) is 0 Å². The molecule has 1 aliphatic carbocycles. The maximum atomic E-state index is 12.9. The molecule has 2 unspecified atom stereocenters. The zero-order valence-corrected chi connectivity index (χ0v) is 17.3. The Bertz CT molecular complexity index is 1080. The van der Waals surface area contributed by atoms with Crippen LogP contribution in [0.1, 0.15) is 48.9 Å². The molecular formula is C23H27N5O2. The van der Waals surface area contributed by atoms with Crippen molar-refractivity contribution in [2.45, 2.75) is 38.6 Å². The lowest BCUT2D eigenvalue weighted by atomic mass is 9.96. The van der Waals surface area contributed by atoms with Crippen molar-refractivity contribution in [3.63, 3.8) is 0 Å². The van der Waals surface area contributed by atoms with Crippen LogP contribution in [0.4, 0.5) is 11.4 Å². The standard InChI is InChI=1S/C23H27N5O2/c1-13-7-16(24)12-28(11-13)20-5-6-25-10-19(20)26-22(29)18-4-3-15-9-21(17-8-14(17)2)30-23(15)27-18/h3-6,9-10,13-14,16-17H,7-8,11-12,24H2,1-2H3,(H,26,29)/t13-,14?,16-,17?/m1/s1. The number of carbonyl (C=O) groups excluding carboxylic acids is 1. The number of hydrogen-bond donors (Lipinski definition) is 2. The van der Waals surface area contributed by atoms with Gasteiger partial charge in [0.15, 0.2) is 0 Å². The van der Waals surface area contributed by atoms with Crippen molar-refractivity contribution < 1.29 is 9.21 Å². The maximum Gasteiger partial charge on any atom is 0.274 e. The zero-order valence-electron chi connectivity index (χ0n) is 17.3. The second kappa shape index (κ2) is 7.40. The number of anilines is 2. The Morgan fingerprint density at radius 1 is 1.23 bits per heavy atom. The van der Waals surface area contributed by atoms with Crippen LogP contribution in [0.25, 0.3) is 11.1 Å². The first-order valence-corrected chi connectivity index (χ1v) is 10.6. The molecule has 3 aromatic rings. The molecule has 0 radical (unpaired) electrons. The van der Waals surface area contributed by atoms with Crippen LogP contribution < -0.4 is 16.0 Å². The monoisotopic (exact) mass is 405 g/mol. The molecular weight excluding hydrogens is 378 g/mol. The van der Waals surface area contributed by atoms with Gasteiger partial charge in [-0.15, -0.1) is 0 Å². The summed E-state index contributed by atoms with van der Waals surface area (Å²) in [6.45, 7) is 6.08. The molecule has 3 N–H and O–H groups in total. The highest BCUT2D eigenvalue weighted by molar-refractivity contribution is 6.05. The van der Waals surface area contributed by atoms with Crippen LogP contribution in [0.2, 0.25) is 0 Å². The van der Waals surface area contributed by atoms with E-state index in [-0.39, 0.29) is 11.9 Å². The molecule has 4 atom stereocenters. The quantitative estimate of drug-likeness (QED) is 0.686. The topological polar surface area (TPSA) is 97.3 Å². The van der Waals surface area contributed by atoms with Gasteiger partial charge in [-0.1, -0.05) is 13.8 Å². The molecule has 2 fully saturated rings. The van der Waals surface area contributed by atoms with Gasteiger partial charge in [-0.2, -0.15) is 0 Å². The predicted molar refractivity (Wildman–Crippen MR) is 117 cm³/mol. The summed E-state index contributed by atoms with van der Waals surface area (Å²) in [6.07, 6.45) is 5.58. The number of hydrogen-bond acceptors (Lipinski definition) is 6. The molecule has 3 aromatic heterocycles. The highest BCUT2D eigenvalue weighted by atomic mass is 16.3. The van der Waals surface area contributed by atoms with E-state index in [0.29, 0.717) is 34.8 Å². The van der Waals surface area contributed by atoms with Gasteiger partial charge in [-0.05, 0) is 48.9 Å². The van der Waals surface area contributed by atoms with Gasteiger partial charge in [0, 0.05) is 36.6 Å². The van der Waals surface area contributed by atoms with Crippen molar-refractivity contribution in [1.82, 2.24) is 9.97 Å². The summed E-state index contributed by atoms with van der Waals surface area (Å²) in [5, 5.41) is 3.91. The summed E-state index contributed by atoms with van der Waals surface area (Å²) in [5.41, 5.74) is 8.66. The molecule has 156 valence electrons. The van der Waals surface area contributed by atoms with Crippen molar-refractivity contribution in [1.29, 1.82) is 0 Å². The van der Waals surface area contributed by atoms with Crippen LogP contribution in [0, 0.1) is 11.8 Å². The van der Waals surface area contributed by atoms with Crippen molar-refractivity contribution in [2.75, 3.05) is 23.3 Å². The normalized spacial score (nSPS) is 26.0. The van der Waals surface area contributed by atoms with Gasteiger partial charge in [0.1, 0.15) is 11.5 Å². The lowest BCUT2D eigenvalue weighted by Crippen LogP contribution is -2.46. The average molecular weight is 406 g/mol. The Hall–Kier alpha value is -2.93. The molecule has 2 aliphatic rings. The SMILES string of the molecule is CC1CC1c1cc2ccc(C(=O)Nc3cnccc3N3C[C@H](C)C[C@@H](N)C3)nc2o1. The Labute approximate surface area is 175 Å². The summed E-state index contributed by atoms with van der Waals surface area (Å²) < 4.78 is 5.92. The number of piperidine rings is 1. The number of carbonyl (C=O) groups is 1. The number of aromatic nitrogens is 2. The van der Waals surface area contributed by atoms with E-state index in [2.05, 4.69) is 34.0 Å². The first kappa shape index (κ1) is 19.1. The second-order valence-electron chi connectivity index (χ2n) is 8.91. The molecule has 5 rings (SSSR count). The predicted octanol–water partition coefficient (Wildman–Crippen LogP) is 3.77. The third-order valence-electron chi connectivity index (χ3n) is 6.19. The number of fused-ring (bicyclic) bond motifs is 1. The summed E-state index contributed by atoms with van der Waals surface area (Å²) in [7, 11) is 0. The molecule has 7 nitrogen and oxygen atoms in total. The van der Waals surface area contributed by atoms with Gasteiger partial charge in [-0.3, -0.25) is 9.78 Å². The first-order valence-electron chi connectivity index (χ1n) is 10.6. The Morgan fingerprint density at radius 3 is 2.83 bits per heavy atom. The van der Waals surface area contributed by atoms with Gasteiger partial charge < -0.3 is 20.4 Å². The van der Waals surface area contributed by atoms with Crippen LogP contribution in [0.5, 0.6) is 0 Å². The maximum absolute atomic E-state index is 12.9. The Balaban J connectivity index is 1.38. The Morgan fingerprint density at radius 2 is 2.07 bits per heavy atom. The number of nitrogens with zero attached hydrogens (tertiary/aromatic N) is 3. The minimum absolute atomic E-state index is 0.122. The molecule has 30 heavy (non-hydrogen) atoms. The lowest BCUT2D eigenvalue weighted by molar-refractivity contribution is 0.102. The van der Waals surface area contributed by atoms with E-state index >= 15 is 0 Å². The van der Waals surface area contributed by atoms with Crippen molar-refractivity contribution >= 4 is 28.4 Å². The van der Waals surface area contributed by atoms with Crippen LogP contribution in [0.15, 0.2) is 41.1 Å². The van der Waals surface area contributed by atoms with E-state index < -0.39 is 0 Å². The molecule has 0 bridgehead atoms. The average Bonchev–Trinajstić information content (AvgIpc) is 3.29. The zero-order chi connectivity index (χ0) is 20.8. The summed E-state index contributed by atoms with van der Waals surface area (Å²) in [5.74, 6) is 2.32. The molecule has 0 spiro atoms. The highest BCUT2D eigenvalue weighted by Crippen LogP contribution is 2.48. The number of nitrogens with two attached hydrogens (primary N) is 1. The van der Waals surface area contributed by atoms with E-state index in [0.717, 1.165) is 42.8 Å². The number of amides is 1. The van der Waals surface area contributed by atoms with E-state index in [4.69, 9.17) is 10.2 Å². The van der Waals surface area contributed by atoms with E-state index in [1.165, 1.54) is 0 Å². The van der Waals surface area contributed by atoms with Crippen LogP contribution in [-0.2, 0) is 0 Å². The van der Waals surface area contributed by atoms with E-state index in [9.17, 15) is 4.79 Å². The minimum Gasteiger partial charge on any atom is -0.442 e. The van der Waals surface area contributed by atoms with E-state index in [1.54, 1.807) is 18.5 Å². The first-order chi connectivity index (χ1) is 14.5. The largest absolute Gasteiger partial charge is 0.442 e. The van der Waals surface area contributed by atoms with Gasteiger partial charge in [-0.25, -0.2) is 4.98 Å². The van der Waals surface area contributed by atoms with Crippen LogP contribution >= 0.6 is 0 Å². The number of pyridine rings is 2. The fourth-order valence-electron chi connectivity index (χ4n) is 4.51. The molecule has 0 aromatic carbocycles. The van der Waals surface area contributed by atoms with Gasteiger partial charge in [0.2, 0.25) is 5.71 Å². The lowest BCUT2D eigenvalue weighted by Gasteiger charge is -2.37. The van der Waals surface area contributed by atoms with Crippen LogP contribution in [-0.4, -0.2) is 35.0 Å². The highest BCUT2D eigenvalue weighted by Gasteiger charge is 2.37. The number of nitrogens with one attached hydrogen (secondary N) is 1. The molecule has 7 heteroatoms. The molecule has 1 saturated carbocycles. The molecule has 4 heterocycles. The summed E-state index contributed by atoms with van der Waals surface area (Å²) >= 11 is 0. The van der Waals surface area contributed by atoms with Crippen molar-refractivity contribution in [3.8, 4) is 0 Å². The second-order valence-corrected chi connectivity index (χ2v) is 8.91. The summed E-state index contributed by atoms with van der Waals surface area (Å²) in [6, 6.07) is 7.72. The number of rotatable bonds is 4. The fourth-order valence-corrected chi connectivity index (χ4v) is 4.51. The van der Waals surface area contributed by atoms with Gasteiger partial charge in [0.25, 0.3) is 5.91 Å². The Kier molecular flexibility index (Phi) is 4.70. The third kappa shape index (κ3) is 3.65. The molecule has 1 saturated heterocycles. The fraction of sp³-hybridized carbons (Fsp3) is 0.435. The van der Waals surface area contributed by atoms with Gasteiger partial charge in [0.05, 0.1) is 17.6 Å².